The maximum Gasteiger partial charge on any atom is 0.407 e. The summed E-state index contributed by atoms with van der Waals surface area (Å²) in [5, 5.41) is 10.7. The molecule has 6 heteroatoms. The monoisotopic (exact) mass is 302 g/mol. The fraction of sp³-hybridized carbons (Fsp3) is 0.438. The number of amides is 1. The molecule has 0 saturated carbocycles. The van der Waals surface area contributed by atoms with Crippen molar-refractivity contribution in [1.29, 1.82) is 0 Å². The minimum Gasteiger partial charge on any atom is -0.444 e. The lowest BCUT2D eigenvalue weighted by Gasteiger charge is -2.19. The largest absolute Gasteiger partial charge is 0.444 e. The molecule has 1 heterocycles. The molecule has 0 aliphatic carbocycles. The molecule has 6 nitrogen and oxygen atoms in total. The van der Waals surface area contributed by atoms with Gasteiger partial charge >= 0.3 is 6.09 Å². The van der Waals surface area contributed by atoms with Crippen molar-refractivity contribution in [1.82, 2.24) is 20.1 Å². The van der Waals surface area contributed by atoms with E-state index in [-0.39, 0.29) is 6.09 Å². The highest BCUT2D eigenvalue weighted by Crippen LogP contribution is 2.16. The Balaban J connectivity index is 1.85. The smallest absolute Gasteiger partial charge is 0.407 e. The van der Waals surface area contributed by atoms with Crippen LogP contribution in [0.3, 0.4) is 0 Å². The predicted octanol–water partition coefficient (Wildman–Crippen LogP) is 2.55. The van der Waals surface area contributed by atoms with Gasteiger partial charge in [0.2, 0.25) is 0 Å². The van der Waals surface area contributed by atoms with Gasteiger partial charge < -0.3 is 14.6 Å². The Morgan fingerprint density at radius 1 is 1.27 bits per heavy atom. The van der Waals surface area contributed by atoms with E-state index in [1.54, 1.807) is 6.33 Å². The number of nitrogens with zero attached hydrogens (tertiary/aromatic N) is 3. The molecular weight excluding hydrogens is 280 g/mol. The van der Waals surface area contributed by atoms with Gasteiger partial charge in [0, 0.05) is 19.2 Å². The van der Waals surface area contributed by atoms with E-state index in [9.17, 15) is 4.79 Å². The summed E-state index contributed by atoms with van der Waals surface area (Å²) >= 11 is 0. The van der Waals surface area contributed by atoms with Crippen LogP contribution in [0.2, 0.25) is 0 Å². The second-order valence-corrected chi connectivity index (χ2v) is 6.14. The maximum absolute atomic E-state index is 11.5. The number of nitrogens with one attached hydrogen (secondary N) is 1. The molecule has 1 N–H and O–H groups in total. The fourth-order valence-electron chi connectivity index (χ4n) is 1.99. The Morgan fingerprint density at radius 3 is 2.50 bits per heavy atom. The first kappa shape index (κ1) is 16.0. The third kappa shape index (κ3) is 4.58. The van der Waals surface area contributed by atoms with Crippen LogP contribution in [0.15, 0.2) is 30.6 Å². The number of alkyl carbamates (subject to hydrolysis) is 1. The maximum atomic E-state index is 11.5. The van der Waals surface area contributed by atoms with Gasteiger partial charge in [0.05, 0.1) is 0 Å². The molecule has 1 aromatic heterocycles. The Kier molecular flexibility index (Phi) is 4.80. The Bertz CT molecular complexity index is 626. The number of benzene rings is 1. The van der Waals surface area contributed by atoms with E-state index in [2.05, 4.69) is 15.5 Å². The van der Waals surface area contributed by atoms with Gasteiger partial charge in [-0.2, -0.15) is 0 Å². The first-order valence-corrected chi connectivity index (χ1v) is 7.25. The minimum atomic E-state index is -0.470. The molecule has 0 radical (unpaired) electrons. The number of carbonyl (C=O) groups is 1. The van der Waals surface area contributed by atoms with Crippen molar-refractivity contribution in [2.45, 2.75) is 32.8 Å². The zero-order valence-electron chi connectivity index (χ0n) is 13.5. The molecular formula is C16H22N4O2. The third-order valence-electron chi connectivity index (χ3n) is 3.01. The van der Waals surface area contributed by atoms with Crippen molar-refractivity contribution >= 4 is 6.09 Å². The Labute approximate surface area is 130 Å². The van der Waals surface area contributed by atoms with E-state index in [4.69, 9.17) is 4.74 Å². The van der Waals surface area contributed by atoms with Crippen molar-refractivity contribution in [3.05, 3.63) is 36.2 Å². The molecule has 0 fully saturated rings. The molecule has 0 aliphatic heterocycles. The summed E-state index contributed by atoms with van der Waals surface area (Å²) in [7, 11) is 1.91. The highest BCUT2D eigenvalue weighted by molar-refractivity contribution is 5.67. The van der Waals surface area contributed by atoms with Crippen LogP contribution in [-0.4, -0.2) is 33.0 Å². The summed E-state index contributed by atoms with van der Waals surface area (Å²) < 4.78 is 7.06. The topological polar surface area (TPSA) is 69.0 Å². The molecule has 0 unspecified atom stereocenters. The zero-order chi connectivity index (χ0) is 16.2. The lowest BCUT2D eigenvalue weighted by Crippen LogP contribution is -2.33. The summed E-state index contributed by atoms with van der Waals surface area (Å²) in [5.74, 6) is 0.832. The van der Waals surface area contributed by atoms with Crippen LogP contribution in [0.5, 0.6) is 0 Å². The normalized spacial score (nSPS) is 11.3. The third-order valence-corrected chi connectivity index (χ3v) is 3.01. The summed E-state index contributed by atoms with van der Waals surface area (Å²) in [6, 6.07) is 8.07. The highest BCUT2D eigenvalue weighted by Gasteiger charge is 2.15. The fourth-order valence-corrected chi connectivity index (χ4v) is 1.99. The van der Waals surface area contributed by atoms with E-state index in [0.717, 1.165) is 23.4 Å². The molecule has 2 aromatic rings. The summed E-state index contributed by atoms with van der Waals surface area (Å²) in [4.78, 5) is 11.5. The molecule has 0 spiro atoms. The number of hydrogen-bond acceptors (Lipinski definition) is 4. The van der Waals surface area contributed by atoms with Gasteiger partial charge in [0.1, 0.15) is 11.9 Å². The number of ether oxygens (including phenoxy) is 1. The van der Waals surface area contributed by atoms with Crippen LogP contribution in [0.25, 0.3) is 11.4 Å². The second kappa shape index (κ2) is 6.60. The van der Waals surface area contributed by atoms with Gasteiger partial charge in [-0.3, -0.25) is 0 Å². The van der Waals surface area contributed by atoms with Gasteiger partial charge in [0.15, 0.2) is 5.82 Å². The van der Waals surface area contributed by atoms with Gasteiger partial charge in [-0.25, -0.2) is 4.79 Å². The van der Waals surface area contributed by atoms with Crippen LogP contribution in [0, 0.1) is 0 Å². The lowest BCUT2D eigenvalue weighted by molar-refractivity contribution is 0.0528. The molecule has 0 atom stereocenters. The number of aromatic nitrogens is 3. The van der Waals surface area contributed by atoms with Crippen LogP contribution in [0.4, 0.5) is 4.79 Å². The second-order valence-electron chi connectivity index (χ2n) is 6.14. The van der Waals surface area contributed by atoms with Crippen molar-refractivity contribution in [3.8, 4) is 11.4 Å². The van der Waals surface area contributed by atoms with Crippen molar-refractivity contribution in [3.63, 3.8) is 0 Å². The van der Waals surface area contributed by atoms with Gasteiger partial charge in [-0.05, 0) is 32.8 Å². The van der Waals surface area contributed by atoms with E-state index >= 15 is 0 Å². The summed E-state index contributed by atoms with van der Waals surface area (Å²) in [6.45, 7) is 6.07. The quantitative estimate of drug-likeness (QED) is 0.942. The molecule has 1 amide bonds. The summed E-state index contributed by atoms with van der Waals surface area (Å²) in [6.07, 6.45) is 2.04. The average molecular weight is 302 g/mol. The van der Waals surface area contributed by atoms with Gasteiger partial charge in [-0.1, -0.05) is 24.3 Å². The number of aryl methyl sites for hydroxylation is 1. The lowest BCUT2D eigenvalue weighted by atomic mass is 10.1. The van der Waals surface area contributed by atoms with E-state index < -0.39 is 5.60 Å². The predicted molar refractivity (Wildman–Crippen MR) is 84.4 cm³/mol. The molecule has 0 aliphatic rings. The van der Waals surface area contributed by atoms with E-state index in [0.29, 0.717) is 6.54 Å². The van der Waals surface area contributed by atoms with Crippen molar-refractivity contribution in [2.75, 3.05) is 6.54 Å². The van der Waals surface area contributed by atoms with Crippen molar-refractivity contribution in [2.24, 2.45) is 7.05 Å². The molecule has 22 heavy (non-hydrogen) atoms. The molecule has 1 aromatic carbocycles. The molecule has 2 rings (SSSR count). The van der Waals surface area contributed by atoms with Crippen LogP contribution < -0.4 is 5.32 Å². The molecule has 0 saturated heterocycles. The first-order valence-electron chi connectivity index (χ1n) is 7.25. The van der Waals surface area contributed by atoms with Gasteiger partial charge in [-0.15, -0.1) is 10.2 Å². The Morgan fingerprint density at radius 2 is 1.95 bits per heavy atom. The number of carbonyl (C=O) groups excluding carboxylic acids is 1. The highest BCUT2D eigenvalue weighted by atomic mass is 16.6. The number of hydrogen-bond donors (Lipinski definition) is 1. The molecule has 0 bridgehead atoms. The van der Waals surface area contributed by atoms with E-state index in [1.807, 2.05) is 56.7 Å². The average Bonchev–Trinajstić information content (AvgIpc) is 2.84. The minimum absolute atomic E-state index is 0.386. The SMILES string of the molecule is Cn1cnnc1-c1ccc(CCNC(=O)OC(C)(C)C)cc1. The Hall–Kier alpha value is -2.37. The molecule has 118 valence electrons. The van der Waals surface area contributed by atoms with Crippen molar-refractivity contribution < 1.29 is 9.53 Å². The summed E-state index contributed by atoms with van der Waals surface area (Å²) in [5.41, 5.74) is 1.69. The van der Waals surface area contributed by atoms with Crippen LogP contribution in [-0.2, 0) is 18.2 Å². The van der Waals surface area contributed by atoms with Crippen LogP contribution in [0.1, 0.15) is 26.3 Å². The zero-order valence-corrected chi connectivity index (χ0v) is 13.5. The first-order chi connectivity index (χ1) is 10.3. The number of rotatable bonds is 4. The van der Waals surface area contributed by atoms with E-state index in [1.165, 1.54) is 0 Å². The standard InChI is InChI=1S/C16H22N4O2/c1-16(2,3)22-15(21)17-10-9-12-5-7-13(8-6-12)14-19-18-11-20(14)4/h5-8,11H,9-10H2,1-4H3,(H,17,21). The van der Waals surface area contributed by atoms with Gasteiger partial charge in [0.25, 0.3) is 0 Å². The van der Waals surface area contributed by atoms with Crippen LogP contribution >= 0.6 is 0 Å².